The lowest BCUT2D eigenvalue weighted by Crippen LogP contribution is -2.50. The number of likely N-dealkylation sites (tertiary alicyclic amines) is 1. The Balaban J connectivity index is 1.86. The Kier molecular flexibility index (Phi) is 5.67. The second kappa shape index (κ2) is 7.71. The van der Waals surface area contributed by atoms with Crippen molar-refractivity contribution in [1.82, 2.24) is 20.2 Å². The van der Waals surface area contributed by atoms with E-state index in [1.807, 2.05) is 19.9 Å². The van der Waals surface area contributed by atoms with Crippen LogP contribution < -0.4 is 10.6 Å². The third-order valence-electron chi connectivity index (χ3n) is 3.94. The van der Waals surface area contributed by atoms with Gasteiger partial charge in [-0.3, -0.25) is 4.79 Å². The fraction of sp³-hybridized carbons (Fsp3) is 0.562. The van der Waals surface area contributed by atoms with Gasteiger partial charge in [0.15, 0.2) is 11.5 Å². The van der Waals surface area contributed by atoms with E-state index in [0.717, 1.165) is 12.8 Å². The van der Waals surface area contributed by atoms with Crippen LogP contribution in [0.1, 0.15) is 32.4 Å². The second-order valence-corrected chi connectivity index (χ2v) is 6.33. The molecule has 1 fully saturated rings. The third-order valence-corrected chi connectivity index (χ3v) is 3.94. The van der Waals surface area contributed by atoms with E-state index in [0.29, 0.717) is 18.9 Å². The van der Waals surface area contributed by atoms with E-state index in [-0.39, 0.29) is 24.2 Å². The Labute approximate surface area is 141 Å². The maximum absolute atomic E-state index is 12.3. The molecule has 0 aromatic carbocycles. The predicted molar refractivity (Wildman–Crippen MR) is 87.7 cm³/mol. The van der Waals surface area contributed by atoms with Crippen LogP contribution in [0.5, 0.6) is 0 Å². The molecule has 1 aromatic heterocycles. The highest BCUT2D eigenvalue weighted by molar-refractivity contribution is 5.79. The predicted octanol–water partition coefficient (Wildman–Crippen LogP) is 0.643. The molecule has 2 N–H and O–H groups in total. The van der Waals surface area contributed by atoms with E-state index in [1.165, 1.54) is 12.4 Å². The normalized spacial score (nSPS) is 17.2. The van der Waals surface area contributed by atoms with Gasteiger partial charge in [0.25, 0.3) is 0 Å². The van der Waals surface area contributed by atoms with Gasteiger partial charge < -0.3 is 15.5 Å². The molecule has 8 heteroatoms. The lowest BCUT2D eigenvalue weighted by molar-refractivity contribution is -0.130. The van der Waals surface area contributed by atoms with Crippen molar-refractivity contribution in [2.45, 2.75) is 38.3 Å². The summed E-state index contributed by atoms with van der Waals surface area (Å²) in [5.41, 5.74) is -0.166. The summed E-state index contributed by atoms with van der Waals surface area (Å²) in [6, 6.07) is 3.85. The maximum atomic E-state index is 12.3. The molecule has 0 aliphatic carbocycles. The molecule has 0 saturated carbocycles. The Morgan fingerprint density at radius 1 is 1.42 bits per heavy atom. The number of carbonyl (C=O) groups is 1. The number of hydrogen-bond acceptors (Lipinski definition) is 7. The molecule has 126 valence electrons. The molecule has 1 atom stereocenters. The number of nitriles is 2. The number of anilines is 1. The van der Waals surface area contributed by atoms with Crippen molar-refractivity contribution in [3.8, 4) is 12.1 Å². The van der Waals surface area contributed by atoms with Crippen molar-refractivity contribution >= 4 is 11.7 Å². The summed E-state index contributed by atoms with van der Waals surface area (Å²) in [7, 11) is 0. The van der Waals surface area contributed by atoms with E-state index >= 15 is 0 Å². The zero-order valence-electron chi connectivity index (χ0n) is 13.9. The number of amides is 1. The molecule has 2 rings (SSSR count). The summed E-state index contributed by atoms with van der Waals surface area (Å²) in [5.74, 6) is 0.356. The van der Waals surface area contributed by atoms with Crippen LogP contribution in [0.25, 0.3) is 0 Å². The summed E-state index contributed by atoms with van der Waals surface area (Å²) in [6.45, 7) is 5.17. The van der Waals surface area contributed by atoms with Crippen LogP contribution >= 0.6 is 0 Å². The van der Waals surface area contributed by atoms with Crippen LogP contribution in [-0.4, -0.2) is 52.0 Å². The summed E-state index contributed by atoms with van der Waals surface area (Å²) < 4.78 is 0. The zero-order valence-corrected chi connectivity index (χ0v) is 13.9. The van der Waals surface area contributed by atoms with E-state index in [4.69, 9.17) is 10.5 Å². The van der Waals surface area contributed by atoms with Crippen molar-refractivity contribution in [1.29, 1.82) is 10.5 Å². The average Bonchev–Trinajstić information content (AvgIpc) is 3.07. The van der Waals surface area contributed by atoms with Crippen LogP contribution in [0.15, 0.2) is 12.4 Å². The minimum atomic E-state index is -0.401. The van der Waals surface area contributed by atoms with Gasteiger partial charge in [0.1, 0.15) is 12.1 Å². The van der Waals surface area contributed by atoms with Gasteiger partial charge in [-0.25, -0.2) is 9.97 Å². The molecule has 1 saturated heterocycles. The number of hydrogen-bond donors (Lipinski definition) is 2. The molecule has 8 nitrogen and oxygen atoms in total. The molecule has 0 radical (unpaired) electrons. The van der Waals surface area contributed by atoms with Crippen LogP contribution in [0, 0.1) is 22.7 Å². The van der Waals surface area contributed by atoms with Gasteiger partial charge in [0, 0.05) is 31.0 Å². The number of rotatable bonds is 6. The van der Waals surface area contributed by atoms with Crippen LogP contribution in [-0.2, 0) is 4.79 Å². The van der Waals surface area contributed by atoms with Crippen molar-refractivity contribution in [2.75, 3.05) is 25.0 Å². The summed E-state index contributed by atoms with van der Waals surface area (Å²) in [5, 5.41) is 24.3. The Hall–Kier alpha value is -2.71. The quantitative estimate of drug-likeness (QED) is 0.787. The van der Waals surface area contributed by atoms with Crippen molar-refractivity contribution in [3.05, 3.63) is 18.1 Å². The van der Waals surface area contributed by atoms with Gasteiger partial charge in [-0.15, -0.1) is 0 Å². The third kappa shape index (κ3) is 4.40. The minimum absolute atomic E-state index is 0.0654. The Bertz CT molecular complexity index is 674. The highest BCUT2D eigenvalue weighted by atomic mass is 16.2. The second-order valence-electron chi connectivity index (χ2n) is 6.33. The smallest absolute Gasteiger partial charge is 0.237 e. The molecule has 0 bridgehead atoms. The Morgan fingerprint density at radius 2 is 2.17 bits per heavy atom. The molecule has 2 heterocycles. The number of nitrogens with zero attached hydrogens (tertiary/aromatic N) is 5. The van der Waals surface area contributed by atoms with Gasteiger partial charge in [-0.2, -0.15) is 10.5 Å². The molecule has 1 amide bonds. The van der Waals surface area contributed by atoms with Gasteiger partial charge in [-0.1, -0.05) is 0 Å². The lowest BCUT2D eigenvalue weighted by atomic mass is 10.1. The van der Waals surface area contributed by atoms with Gasteiger partial charge in [-0.05, 0) is 26.7 Å². The summed E-state index contributed by atoms with van der Waals surface area (Å²) >= 11 is 0. The van der Waals surface area contributed by atoms with Gasteiger partial charge in [0.2, 0.25) is 5.91 Å². The zero-order chi connectivity index (χ0) is 17.6. The molecule has 24 heavy (non-hydrogen) atoms. The van der Waals surface area contributed by atoms with E-state index in [2.05, 4.69) is 26.7 Å². The fourth-order valence-corrected chi connectivity index (χ4v) is 2.53. The summed E-state index contributed by atoms with van der Waals surface area (Å²) in [4.78, 5) is 21.9. The molecule has 0 spiro atoms. The van der Waals surface area contributed by atoms with Crippen LogP contribution in [0.3, 0.4) is 0 Å². The van der Waals surface area contributed by atoms with E-state index in [1.54, 1.807) is 4.90 Å². The summed E-state index contributed by atoms with van der Waals surface area (Å²) in [6.07, 6.45) is 4.60. The minimum Gasteiger partial charge on any atom is -0.366 e. The molecule has 1 aliphatic heterocycles. The van der Waals surface area contributed by atoms with Gasteiger partial charge >= 0.3 is 0 Å². The first-order valence-electron chi connectivity index (χ1n) is 7.86. The molecule has 1 aromatic rings. The highest BCUT2D eigenvalue weighted by Gasteiger charge is 2.29. The number of carbonyl (C=O) groups excluding carboxylic acids is 1. The van der Waals surface area contributed by atoms with Crippen molar-refractivity contribution in [3.63, 3.8) is 0 Å². The molecule has 0 unspecified atom stereocenters. The fourth-order valence-electron chi connectivity index (χ4n) is 2.53. The Morgan fingerprint density at radius 3 is 2.88 bits per heavy atom. The van der Waals surface area contributed by atoms with E-state index < -0.39 is 5.54 Å². The molecular formula is C16H21N7O. The number of aromatic nitrogens is 2. The largest absolute Gasteiger partial charge is 0.366 e. The van der Waals surface area contributed by atoms with E-state index in [9.17, 15) is 4.79 Å². The lowest BCUT2D eigenvalue weighted by Gasteiger charge is -2.28. The topological polar surface area (TPSA) is 118 Å². The van der Waals surface area contributed by atoms with Crippen molar-refractivity contribution in [2.24, 2.45) is 0 Å². The number of nitrogens with one attached hydrogen (secondary N) is 2. The van der Waals surface area contributed by atoms with Crippen LogP contribution in [0.2, 0.25) is 0 Å². The maximum Gasteiger partial charge on any atom is 0.237 e. The average molecular weight is 327 g/mol. The van der Waals surface area contributed by atoms with Crippen molar-refractivity contribution < 1.29 is 4.79 Å². The van der Waals surface area contributed by atoms with Gasteiger partial charge in [0.05, 0.1) is 12.6 Å². The van der Waals surface area contributed by atoms with Crippen LogP contribution in [0.4, 0.5) is 5.82 Å². The first kappa shape index (κ1) is 17.6. The molecule has 1 aliphatic rings. The standard InChI is InChI=1S/C16H21N7O/c1-16(2,11-21-15-13(9-18)19-5-6-20-15)22-10-14(24)23-7-3-4-12(23)8-17/h5-6,12,22H,3-4,7,10-11H2,1-2H3,(H,20,21)/t12-/m0/s1. The highest BCUT2D eigenvalue weighted by Crippen LogP contribution is 2.16. The monoisotopic (exact) mass is 327 g/mol. The SMILES string of the molecule is CC(C)(CNc1nccnc1C#N)NCC(=O)N1CCC[C@H]1C#N. The first-order valence-corrected chi connectivity index (χ1v) is 7.86. The molecular weight excluding hydrogens is 306 g/mol. The first-order chi connectivity index (χ1) is 11.5.